The largest absolute Gasteiger partial charge is 0.481 e. The van der Waals surface area contributed by atoms with Crippen molar-refractivity contribution in [1.82, 2.24) is 5.32 Å². The van der Waals surface area contributed by atoms with E-state index in [1.165, 1.54) is 6.07 Å². The summed E-state index contributed by atoms with van der Waals surface area (Å²) < 4.78 is 13.3. The quantitative estimate of drug-likeness (QED) is 0.747. The highest BCUT2D eigenvalue weighted by molar-refractivity contribution is 5.73. The van der Waals surface area contributed by atoms with Gasteiger partial charge in [-0.15, -0.1) is 0 Å². The van der Waals surface area contributed by atoms with Gasteiger partial charge in [0.05, 0.1) is 5.41 Å². The molecule has 1 aromatic rings. The van der Waals surface area contributed by atoms with Crippen molar-refractivity contribution in [2.75, 3.05) is 13.1 Å². The molecular formula is C13H18FNO2. The van der Waals surface area contributed by atoms with Crippen LogP contribution in [0.3, 0.4) is 0 Å². The summed E-state index contributed by atoms with van der Waals surface area (Å²) in [5.74, 6) is -1.05. The van der Waals surface area contributed by atoms with Crippen LogP contribution in [0.4, 0.5) is 4.39 Å². The number of benzene rings is 1. The molecule has 0 heterocycles. The van der Waals surface area contributed by atoms with Crippen LogP contribution in [0.25, 0.3) is 0 Å². The minimum absolute atomic E-state index is 0.216. The fraction of sp³-hybridized carbons (Fsp3) is 0.462. The summed E-state index contributed by atoms with van der Waals surface area (Å²) >= 11 is 0. The van der Waals surface area contributed by atoms with Gasteiger partial charge in [-0.3, -0.25) is 4.79 Å². The van der Waals surface area contributed by atoms with E-state index in [4.69, 9.17) is 5.11 Å². The van der Waals surface area contributed by atoms with Crippen molar-refractivity contribution in [2.45, 2.75) is 20.3 Å². The normalized spacial score (nSPS) is 11.5. The number of aliphatic carboxylic acids is 1. The minimum atomic E-state index is -0.837. The highest BCUT2D eigenvalue weighted by Crippen LogP contribution is 2.13. The second-order valence-corrected chi connectivity index (χ2v) is 4.71. The third-order valence-electron chi connectivity index (χ3n) is 2.67. The lowest BCUT2D eigenvalue weighted by Crippen LogP contribution is -2.36. The Kier molecular flexibility index (Phi) is 4.63. The van der Waals surface area contributed by atoms with Gasteiger partial charge in [0, 0.05) is 6.54 Å². The van der Waals surface area contributed by atoms with Crippen molar-refractivity contribution in [3.8, 4) is 0 Å². The van der Waals surface area contributed by atoms with Crippen LogP contribution in [-0.2, 0) is 11.2 Å². The van der Waals surface area contributed by atoms with Gasteiger partial charge in [-0.05, 0) is 38.4 Å². The van der Waals surface area contributed by atoms with Crippen LogP contribution in [0.5, 0.6) is 0 Å². The maximum Gasteiger partial charge on any atom is 0.310 e. The molecule has 0 saturated heterocycles. The molecule has 2 N–H and O–H groups in total. The van der Waals surface area contributed by atoms with Gasteiger partial charge in [0.25, 0.3) is 0 Å². The highest BCUT2D eigenvalue weighted by Gasteiger charge is 2.26. The molecular weight excluding hydrogens is 221 g/mol. The van der Waals surface area contributed by atoms with Gasteiger partial charge in [-0.25, -0.2) is 4.39 Å². The van der Waals surface area contributed by atoms with E-state index in [-0.39, 0.29) is 5.82 Å². The van der Waals surface area contributed by atoms with Gasteiger partial charge in [0.2, 0.25) is 0 Å². The van der Waals surface area contributed by atoms with E-state index in [0.29, 0.717) is 25.1 Å². The first-order valence-electron chi connectivity index (χ1n) is 5.61. The molecule has 0 saturated carbocycles. The average molecular weight is 239 g/mol. The van der Waals surface area contributed by atoms with E-state index in [1.54, 1.807) is 32.0 Å². The third-order valence-corrected chi connectivity index (χ3v) is 2.67. The monoisotopic (exact) mass is 239 g/mol. The zero-order chi connectivity index (χ0) is 12.9. The van der Waals surface area contributed by atoms with Gasteiger partial charge in [0.1, 0.15) is 5.82 Å². The molecule has 0 unspecified atom stereocenters. The first-order valence-corrected chi connectivity index (χ1v) is 5.61. The Labute approximate surface area is 101 Å². The van der Waals surface area contributed by atoms with Crippen LogP contribution < -0.4 is 5.32 Å². The Balaban J connectivity index is 2.35. The predicted molar refractivity (Wildman–Crippen MR) is 64.4 cm³/mol. The Morgan fingerprint density at radius 2 is 2.06 bits per heavy atom. The first-order chi connectivity index (χ1) is 7.93. The van der Waals surface area contributed by atoms with Crippen molar-refractivity contribution in [3.63, 3.8) is 0 Å². The molecule has 0 radical (unpaired) electrons. The van der Waals surface area contributed by atoms with Crippen molar-refractivity contribution < 1.29 is 14.3 Å². The van der Waals surface area contributed by atoms with Crippen molar-refractivity contribution in [3.05, 3.63) is 35.6 Å². The highest BCUT2D eigenvalue weighted by atomic mass is 19.1. The van der Waals surface area contributed by atoms with Gasteiger partial charge >= 0.3 is 5.97 Å². The summed E-state index contributed by atoms with van der Waals surface area (Å²) in [6.45, 7) is 4.26. The lowest BCUT2D eigenvalue weighted by atomic mass is 9.94. The molecule has 0 aliphatic carbocycles. The molecule has 0 atom stereocenters. The zero-order valence-electron chi connectivity index (χ0n) is 10.2. The number of rotatable bonds is 6. The van der Waals surface area contributed by atoms with E-state index >= 15 is 0 Å². The fourth-order valence-electron chi connectivity index (χ4n) is 1.40. The Hall–Kier alpha value is -1.42. The number of nitrogens with one attached hydrogen (secondary N) is 1. The molecule has 94 valence electrons. The maximum atomic E-state index is 13.3. The van der Waals surface area contributed by atoms with Crippen LogP contribution in [0.1, 0.15) is 19.4 Å². The number of hydrogen-bond donors (Lipinski definition) is 2. The molecule has 0 amide bonds. The summed E-state index contributed by atoms with van der Waals surface area (Å²) in [7, 11) is 0. The second-order valence-electron chi connectivity index (χ2n) is 4.71. The molecule has 3 nitrogen and oxygen atoms in total. The van der Waals surface area contributed by atoms with Crippen molar-refractivity contribution in [2.24, 2.45) is 5.41 Å². The molecule has 4 heteroatoms. The van der Waals surface area contributed by atoms with E-state index in [0.717, 1.165) is 0 Å². The van der Waals surface area contributed by atoms with Crippen LogP contribution in [0.15, 0.2) is 24.3 Å². The van der Waals surface area contributed by atoms with Gasteiger partial charge < -0.3 is 10.4 Å². The molecule has 17 heavy (non-hydrogen) atoms. The molecule has 1 rings (SSSR count). The van der Waals surface area contributed by atoms with E-state index in [2.05, 4.69) is 5.32 Å². The standard InChI is InChI=1S/C13H18FNO2/c1-13(2,12(16)17)9-15-8-7-10-5-3-4-6-11(10)14/h3-6,15H,7-9H2,1-2H3,(H,16,17). The average Bonchev–Trinajstić information content (AvgIpc) is 2.26. The van der Waals surface area contributed by atoms with Gasteiger partial charge in [0.15, 0.2) is 0 Å². The van der Waals surface area contributed by atoms with Crippen LogP contribution in [0, 0.1) is 11.2 Å². The summed E-state index contributed by atoms with van der Waals surface area (Å²) in [4.78, 5) is 10.8. The summed E-state index contributed by atoms with van der Waals surface area (Å²) in [6, 6.07) is 6.61. The maximum absolute atomic E-state index is 13.3. The number of carboxylic acid groups (broad SMARTS) is 1. The molecule has 0 fully saturated rings. The molecule has 0 aliphatic heterocycles. The SMILES string of the molecule is CC(C)(CNCCc1ccccc1F)C(=O)O. The Bertz CT molecular complexity index is 391. The summed E-state index contributed by atoms with van der Waals surface area (Å²) in [5, 5.41) is 11.9. The summed E-state index contributed by atoms with van der Waals surface area (Å²) in [6.07, 6.45) is 0.558. The molecule has 0 aliphatic rings. The Morgan fingerprint density at radius 1 is 1.41 bits per heavy atom. The number of carbonyl (C=O) groups is 1. The van der Waals surface area contributed by atoms with Gasteiger partial charge in [-0.2, -0.15) is 0 Å². The van der Waals surface area contributed by atoms with E-state index < -0.39 is 11.4 Å². The second kappa shape index (κ2) is 5.77. The molecule has 0 spiro atoms. The smallest absolute Gasteiger partial charge is 0.310 e. The fourth-order valence-corrected chi connectivity index (χ4v) is 1.40. The third kappa shape index (κ3) is 4.15. The lowest BCUT2D eigenvalue weighted by molar-refractivity contribution is -0.146. The predicted octanol–water partition coefficient (Wildman–Crippen LogP) is 2.07. The summed E-state index contributed by atoms with van der Waals surface area (Å²) in [5.41, 5.74) is -0.150. The number of carboxylic acids is 1. The zero-order valence-corrected chi connectivity index (χ0v) is 10.2. The van der Waals surface area contributed by atoms with Crippen LogP contribution in [0.2, 0.25) is 0 Å². The van der Waals surface area contributed by atoms with Crippen LogP contribution in [-0.4, -0.2) is 24.2 Å². The molecule has 0 bridgehead atoms. The minimum Gasteiger partial charge on any atom is -0.481 e. The molecule has 0 aromatic heterocycles. The van der Waals surface area contributed by atoms with E-state index in [9.17, 15) is 9.18 Å². The topological polar surface area (TPSA) is 49.3 Å². The number of hydrogen-bond acceptors (Lipinski definition) is 2. The lowest BCUT2D eigenvalue weighted by Gasteiger charge is -2.19. The van der Waals surface area contributed by atoms with Crippen molar-refractivity contribution in [1.29, 1.82) is 0 Å². The Morgan fingerprint density at radius 3 is 2.65 bits per heavy atom. The number of halogens is 1. The van der Waals surface area contributed by atoms with Gasteiger partial charge in [-0.1, -0.05) is 18.2 Å². The first kappa shape index (κ1) is 13.6. The molecule has 1 aromatic carbocycles. The van der Waals surface area contributed by atoms with Crippen molar-refractivity contribution >= 4 is 5.97 Å². The van der Waals surface area contributed by atoms with E-state index in [1.807, 2.05) is 0 Å². The van der Waals surface area contributed by atoms with Crippen LogP contribution >= 0.6 is 0 Å².